The predicted molar refractivity (Wildman–Crippen MR) is 143 cm³/mol. The van der Waals surface area contributed by atoms with Gasteiger partial charge in [0, 0.05) is 68.0 Å². The van der Waals surface area contributed by atoms with Gasteiger partial charge >= 0.3 is 0 Å². The average Bonchev–Trinajstić information content (AvgIpc) is 2.82. The molecule has 204 valence electrons. The fourth-order valence-corrected chi connectivity index (χ4v) is 1.42. The normalized spacial score (nSPS) is 8.27. The standard InChI is InChI=1S/2C6H13NO.C5H11NO.C4H9NO.C2H6.CH4.H3N/c2*1-4-5-6(8)7(2)3;1-4-5(7)6(2)3;1-2-3-4(5)6;1-2;;/h2*4-5H2,1-3H3;4H2,1-3H3;2-3H2,1H3,(H2,5,6);1-2H3;1H4;1H3/i/hT2. The zero-order valence-electron chi connectivity index (χ0n) is 25.0. The Morgan fingerprint density at radius 3 is 1.00 bits per heavy atom. The van der Waals surface area contributed by atoms with Crippen LogP contribution in [-0.2, 0) is 19.2 Å². The molecule has 9 nitrogen and oxygen atoms in total. The molecular formula is C24H59N5O4. The van der Waals surface area contributed by atoms with E-state index in [2.05, 4.69) is 6.14 Å². The number of hydrogen-bond donors (Lipinski definition) is 2. The van der Waals surface area contributed by atoms with Gasteiger partial charge in [-0.15, -0.1) is 0 Å². The van der Waals surface area contributed by atoms with Crippen LogP contribution in [0.3, 0.4) is 0 Å². The number of primary amides is 1. The van der Waals surface area contributed by atoms with Crippen molar-refractivity contribution in [2.45, 2.75) is 93.9 Å². The molecule has 0 heterocycles. The van der Waals surface area contributed by atoms with Gasteiger partial charge in [-0.3, -0.25) is 19.2 Å². The highest BCUT2D eigenvalue weighted by molar-refractivity contribution is 5.76. The number of rotatable bonds is 7. The second-order valence-electron chi connectivity index (χ2n) is 6.89. The van der Waals surface area contributed by atoms with Gasteiger partial charge < -0.3 is 26.6 Å². The van der Waals surface area contributed by atoms with E-state index in [1.54, 1.807) is 62.7 Å². The maximum absolute atomic E-state index is 10.7. The fraction of sp³-hybridized carbons (Fsp3) is 0.833. The van der Waals surface area contributed by atoms with Gasteiger partial charge in [0.25, 0.3) is 0 Å². The summed E-state index contributed by atoms with van der Waals surface area (Å²) >= 11 is 0. The van der Waals surface area contributed by atoms with Gasteiger partial charge in [0.2, 0.25) is 23.6 Å². The highest BCUT2D eigenvalue weighted by atomic mass is 16.2. The number of carbonyl (C=O) groups excluding carboxylic acids is 4. The van der Waals surface area contributed by atoms with Crippen LogP contribution in [0.1, 0.15) is 93.9 Å². The van der Waals surface area contributed by atoms with Gasteiger partial charge in [-0.05, 0) is 19.3 Å². The lowest BCUT2D eigenvalue weighted by atomic mass is 10.3. The van der Waals surface area contributed by atoms with Crippen LogP contribution < -0.4 is 11.9 Å². The maximum Gasteiger partial charge on any atom is 0.222 e. The Hall–Kier alpha value is -2.16. The summed E-state index contributed by atoms with van der Waals surface area (Å²) in [6.07, 6.45) is 8.86. The van der Waals surface area contributed by atoms with Crippen molar-refractivity contribution in [2.24, 2.45) is 5.73 Å². The largest absolute Gasteiger partial charge is 0.370 e. The molecule has 5 N–H and O–H groups in total. The quantitative estimate of drug-likeness (QED) is 0.552. The highest BCUT2D eigenvalue weighted by Gasteiger charge is 1.99. The minimum atomic E-state index is -0.206. The molecule has 0 bridgehead atoms. The molecule has 0 radical (unpaired) electrons. The molecule has 0 spiro atoms. The van der Waals surface area contributed by atoms with Crippen molar-refractivity contribution in [3.8, 4) is 0 Å². The van der Waals surface area contributed by atoms with Crippen LogP contribution in [-0.4, -0.2) is 80.6 Å². The molecule has 0 unspecified atom stereocenters. The third kappa shape index (κ3) is 53.3. The monoisotopic (exact) mass is 485 g/mol. The number of amides is 4. The SMILES string of the molecule is C.CC.CCC(=O)N(C)C.CCCC(=O)N(C)C.CCCC(=O)N(C)C.[3H]N.[3H]NC(=O)CCC. The molecule has 0 atom stereocenters. The Morgan fingerprint density at radius 2 is 0.939 bits per heavy atom. The summed E-state index contributed by atoms with van der Waals surface area (Å²) in [6, 6.07) is 0. The van der Waals surface area contributed by atoms with Crippen LogP contribution >= 0.6 is 0 Å². The van der Waals surface area contributed by atoms with Crippen molar-refractivity contribution in [1.29, 1.82) is 0 Å². The number of nitrogens with two attached hydrogens (primary N) is 1. The van der Waals surface area contributed by atoms with Gasteiger partial charge in [-0.2, -0.15) is 0 Å². The van der Waals surface area contributed by atoms with Crippen molar-refractivity contribution in [1.82, 2.24) is 20.8 Å². The van der Waals surface area contributed by atoms with Crippen LogP contribution in [0.5, 0.6) is 0 Å². The molecule has 9 heteroatoms. The first kappa shape index (κ1) is 41.1. The zero-order valence-corrected chi connectivity index (χ0v) is 23.0. The Kier molecular flexibility index (Phi) is 46.3. The van der Waals surface area contributed by atoms with Crippen molar-refractivity contribution >= 4 is 23.6 Å². The van der Waals surface area contributed by atoms with Gasteiger partial charge in [0.15, 0.2) is 1.41 Å². The summed E-state index contributed by atoms with van der Waals surface area (Å²) in [5.74, 6) is 0.405. The van der Waals surface area contributed by atoms with E-state index in [1.165, 1.54) is 0 Å². The van der Waals surface area contributed by atoms with Crippen molar-refractivity contribution in [2.75, 3.05) is 42.3 Å². The van der Waals surface area contributed by atoms with Crippen LogP contribution in [0.15, 0.2) is 0 Å². The smallest absolute Gasteiger partial charge is 0.222 e. The average molecular weight is 486 g/mol. The van der Waals surface area contributed by atoms with E-state index in [0.717, 1.165) is 19.3 Å². The van der Waals surface area contributed by atoms with Crippen LogP contribution in [0.25, 0.3) is 0 Å². The van der Waals surface area contributed by atoms with E-state index in [0.29, 0.717) is 25.7 Å². The van der Waals surface area contributed by atoms with E-state index in [1.807, 2.05) is 41.5 Å². The molecular weight excluding hydrogens is 422 g/mol. The fourth-order valence-electron chi connectivity index (χ4n) is 1.42. The molecule has 0 aliphatic heterocycles. The minimum Gasteiger partial charge on any atom is -0.370 e. The van der Waals surface area contributed by atoms with Crippen LogP contribution in [0.2, 0.25) is 2.82 Å². The van der Waals surface area contributed by atoms with Gasteiger partial charge in [0.1, 0.15) is 1.41 Å². The molecule has 0 aromatic rings. The highest BCUT2D eigenvalue weighted by Crippen LogP contribution is 1.90. The Balaban J connectivity index is -0.0000000564. The van der Waals surface area contributed by atoms with E-state index in [9.17, 15) is 19.2 Å². The minimum absolute atomic E-state index is 0. The first-order valence-corrected chi connectivity index (χ1v) is 11.2. The summed E-state index contributed by atoms with van der Waals surface area (Å²) in [7, 11) is 10.6. The van der Waals surface area contributed by atoms with Crippen molar-refractivity contribution in [3.05, 3.63) is 0 Å². The van der Waals surface area contributed by atoms with E-state index >= 15 is 0 Å². The summed E-state index contributed by atoms with van der Waals surface area (Å²) in [5, 5.41) is 0. The topological polar surface area (TPSA) is 139 Å². The molecule has 0 aliphatic rings. The summed E-state index contributed by atoms with van der Waals surface area (Å²) in [5.41, 5.74) is 1.78. The van der Waals surface area contributed by atoms with Crippen LogP contribution in [0.4, 0.5) is 0 Å². The second-order valence-corrected chi connectivity index (χ2v) is 6.89. The Morgan fingerprint density at radius 1 is 0.667 bits per heavy atom. The molecule has 33 heavy (non-hydrogen) atoms. The van der Waals surface area contributed by atoms with Gasteiger partial charge in [-0.25, -0.2) is 0 Å². The molecule has 4 amide bonds. The van der Waals surface area contributed by atoms with E-state index in [-0.39, 0.29) is 31.1 Å². The third-order valence-electron chi connectivity index (χ3n) is 3.20. The lowest BCUT2D eigenvalue weighted by molar-refractivity contribution is -0.129. The molecule has 0 aromatic carbocycles. The lowest BCUT2D eigenvalue weighted by Crippen LogP contribution is -2.20. The molecule has 0 rings (SSSR count). The molecule has 0 aliphatic carbocycles. The number of nitrogens with zero attached hydrogens (tertiary/aromatic N) is 3. The van der Waals surface area contributed by atoms with Gasteiger partial charge in [0.05, 0.1) is 0 Å². The number of hydrogen-bond acceptors (Lipinski definition) is 5. The molecule has 0 saturated heterocycles. The molecule has 0 aromatic heterocycles. The second kappa shape index (κ2) is 37.2. The summed E-state index contributed by atoms with van der Waals surface area (Å²) < 4.78 is 11.6. The third-order valence-corrected chi connectivity index (χ3v) is 3.20. The first-order chi connectivity index (χ1) is 15.9. The molecule has 0 saturated carbocycles. The first-order valence-electron chi connectivity index (χ1n) is 12.2. The zero-order chi connectivity index (χ0) is 28.7. The van der Waals surface area contributed by atoms with Crippen molar-refractivity contribution < 1.29 is 22.0 Å². The van der Waals surface area contributed by atoms with Crippen molar-refractivity contribution in [3.63, 3.8) is 0 Å². The van der Waals surface area contributed by atoms with E-state index in [4.69, 9.17) is 2.82 Å². The summed E-state index contributed by atoms with van der Waals surface area (Å²) in [6.45, 7) is 11.8. The summed E-state index contributed by atoms with van der Waals surface area (Å²) in [4.78, 5) is 46.7. The van der Waals surface area contributed by atoms with E-state index < -0.39 is 0 Å². The van der Waals surface area contributed by atoms with Gasteiger partial charge in [-0.1, -0.05) is 49.0 Å². The predicted octanol–water partition coefficient (Wildman–Crippen LogP) is 4.33. The van der Waals surface area contributed by atoms with Crippen LogP contribution in [0, 0.1) is 0 Å². The maximum atomic E-state index is 10.7. The molecule has 0 fully saturated rings. The lowest BCUT2D eigenvalue weighted by Gasteiger charge is -2.07. The Labute approximate surface area is 208 Å². The number of carbonyl (C=O) groups is 4. The Bertz CT molecular complexity index is 443.